The van der Waals surface area contributed by atoms with Crippen LogP contribution in [0.1, 0.15) is 11.2 Å². The lowest BCUT2D eigenvalue weighted by Gasteiger charge is -1.95. The third-order valence-electron chi connectivity index (χ3n) is 1.19. The quantitative estimate of drug-likeness (QED) is 0.709. The molecule has 70 valence electrons. The molecule has 0 bridgehead atoms. The molecule has 0 aromatic carbocycles. The molecule has 1 aromatic heterocycles. The number of rotatable bonds is 2. The topological polar surface area (TPSA) is 47.8 Å². The number of carbonyl (C=O) groups is 1. The summed E-state index contributed by atoms with van der Waals surface area (Å²) in [5, 5.41) is 6.47. The molecule has 0 amide bonds. The molecule has 1 aromatic rings. The summed E-state index contributed by atoms with van der Waals surface area (Å²) in [6.45, 7) is 0. The first-order chi connectivity index (χ1) is 6.11. The van der Waals surface area contributed by atoms with Crippen LogP contribution in [0, 0.1) is 0 Å². The van der Waals surface area contributed by atoms with Crippen molar-refractivity contribution in [3.63, 3.8) is 0 Å². The van der Waals surface area contributed by atoms with Gasteiger partial charge in [-0.3, -0.25) is 4.79 Å². The third kappa shape index (κ3) is 2.39. The maximum Gasteiger partial charge on any atom is 0.302 e. The van der Waals surface area contributed by atoms with Gasteiger partial charge in [0.2, 0.25) is 0 Å². The van der Waals surface area contributed by atoms with Crippen LogP contribution in [0.25, 0.3) is 0 Å². The molecule has 7 heteroatoms. The van der Waals surface area contributed by atoms with E-state index in [2.05, 4.69) is 10.3 Å². The molecular formula is C6H4F3N3O. The summed E-state index contributed by atoms with van der Waals surface area (Å²) >= 11 is 0. The zero-order chi connectivity index (χ0) is 9.84. The summed E-state index contributed by atoms with van der Waals surface area (Å²) in [7, 11) is 0. The lowest BCUT2D eigenvalue weighted by atomic mass is 10.4. The van der Waals surface area contributed by atoms with Crippen molar-refractivity contribution in [3.8, 4) is 0 Å². The van der Waals surface area contributed by atoms with Crippen molar-refractivity contribution in [3.05, 3.63) is 24.3 Å². The molecule has 0 unspecified atom stereocenters. The minimum absolute atomic E-state index is 0.683. The number of allylic oxidation sites excluding steroid dienone is 1. The van der Waals surface area contributed by atoms with Crippen molar-refractivity contribution in [2.45, 2.75) is 6.42 Å². The molecule has 0 aliphatic heterocycles. The van der Waals surface area contributed by atoms with Gasteiger partial charge in [0.25, 0.3) is 5.91 Å². The van der Waals surface area contributed by atoms with E-state index in [1.165, 1.54) is 6.20 Å². The Hall–Kier alpha value is -1.66. The summed E-state index contributed by atoms with van der Waals surface area (Å²) in [6.07, 6.45) is -1.17. The van der Waals surface area contributed by atoms with Gasteiger partial charge in [0.05, 0.1) is 18.8 Å². The fourth-order valence-electron chi connectivity index (χ4n) is 0.622. The van der Waals surface area contributed by atoms with Crippen LogP contribution >= 0.6 is 0 Å². The van der Waals surface area contributed by atoms with E-state index in [1.807, 2.05) is 0 Å². The van der Waals surface area contributed by atoms with Crippen LogP contribution in [0.4, 0.5) is 13.2 Å². The van der Waals surface area contributed by atoms with E-state index >= 15 is 0 Å². The number of halogens is 3. The van der Waals surface area contributed by atoms with E-state index in [9.17, 15) is 18.0 Å². The van der Waals surface area contributed by atoms with Gasteiger partial charge in [-0.05, 0) is 0 Å². The van der Waals surface area contributed by atoms with E-state index in [0.717, 1.165) is 6.20 Å². The Bertz CT molecular complexity index is 329. The maximum absolute atomic E-state index is 12.2. The summed E-state index contributed by atoms with van der Waals surface area (Å²) in [4.78, 5) is 10.9. The molecule has 1 heterocycles. The minimum Gasteiger partial charge on any atom is -0.272 e. The monoisotopic (exact) mass is 191 g/mol. The number of carbonyl (C=O) groups excluding carboxylic acids is 1. The van der Waals surface area contributed by atoms with Crippen LogP contribution in [0.2, 0.25) is 0 Å². The molecule has 0 atom stereocenters. The average molecular weight is 191 g/mol. The SMILES string of the molecule is O=C(CC(F)=C(F)F)n1ccnn1. The Kier molecular flexibility index (Phi) is 2.78. The Morgan fingerprint density at radius 1 is 1.38 bits per heavy atom. The first-order valence-corrected chi connectivity index (χ1v) is 3.20. The summed E-state index contributed by atoms with van der Waals surface area (Å²) in [5.41, 5.74) is 0. The normalized spacial score (nSPS) is 9.77. The first kappa shape index (κ1) is 9.43. The molecule has 4 nitrogen and oxygen atoms in total. The van der Waals surface area contributed by atoms with Crippen LogP contribution in [0.3, 0.4) is 0 Å². The van der Waals surface area contributed by atoms with Gasteiger partial charge >= 0.3 is 6.08 Å². The molecule has 0 fully saturated rings. The van der Waals surface area contributed by atoms with E-state index in [0.29, 0.717) is 4.68 Å². The van der Waals surface area contributed by atoms with Gasteiger partial charge in [-0.25, -0.2) is 4.39 Å². The van der Waals surface area contributed by atoms with Crippen LogP contribution in [0.15, 0.2) is 24.3 Å². The van der Waals surface area contributed by atoms with Crippen molar-refractivity contribution in [1.82, 2.24) is 15.0 Å². The molecule has 0 aliphatic carbocycles. The van der Waals surface area contributed by atoms with Crippen molar-refractivity contribution in [1.29, 1.82) is 0 Å². The van der Waals surface area contributed by atoms with E-state index in [4.69, 9.17) is 0 Å². The standard InChI is InChI=1S/C6H4F3N3O/c7-4(6(8)9)3-5(13)12-2-1-10-11-12/h1-2H,3H2. The van der Waals surface area contributed by atoms with Gasteiger partial charge < -0.3 is 0 Å². The molecule has 1 rings (SSSR count). The van der Waals surface area contributed by atoms with Crippen LogP contribution in [-0.2, 0) is 0 Å². The molecule has 13 heavy (non-hydrogen) atoms. The highest BCUT2D eigenvalue weighted by atomic mass is 19.3. The first-order valence-electron chi connectivity index (χ1n) is 3.20. The van der Waals surface area contributed by atoms with E-state index < -0.39 is 24.2 Å². The predicted octanol–water partition coefficient (Wildman–Crippen LogP) is 1.39. The predicted molar refractivity (Wildman–Crippen MR) is 35.6 cm³/mol. The van der Waals surface area contributed by atoms with E-state index in [-0.39, 0.29) is 0 Å². The Balaban J connectivity index is 2.68. The van der Waals surface area contributed by atoms with Crippen molar-refractivity contribution < 1.29 is 18.0 Å². The summed E-state index contributed by atoms with van der Waals surface area (Å²) < 4.78 is 36.0. The lowest BCUT2D eigenvalue weighted by molar-refractivity contribution is 0.0886. The number of aromatic nitrogens is 3. The second-order valence-corrected chi connectivity index (χ2v) is 2.08. The van der Waals surface area contributed by atoms with Gasteiger partial charge in [0.15, 0.2) is 5.83 Å². The Morgan fingerprint density at radius 2 is 2.08 bits per heavy atom. The zero-order valence-electron chi connectivity index (χ0n) is 6.25. The number of hydrogen-bond acceptors (Lipinski definition) is 3. The van der Waals surface area contributed by atoms with Gasteiger partial charge in [0, 0.05) is 0 Å². The molecule has 0 saturated carbocycles. The van der Waals surface area contributed by atoms with Crippen LogP contribution in [-0.4, -0.2) is 20.9 Å². The second kappa shape index (κ2) is 3.83. The number of nitrogens with zero attached hydrogens (tertiary/aromatic N) is 3. The highest BCUT2D eigenvalue weighted by molar-refractivity contribution is 5.79. The van der Waals surface area contributed by atoms with Crippen molar-refractivity contribution in [2.24, 2.45) is 0 Å². The fourth-order valence-corrected chi connectivity index (χ4v) is 0.622. The van der Waals surface area contributed by atoms with E-state index in [1.54, 1.807) is 0 Å². The second-order valence-electron chi connectivity index (χ2n) is 2.08. The van der Waals surface area contributed by atoms with Gasteiger partial charge in [-0.2, -0.15) is 13.5 Å². The van der Waals surface area contributed by atoms with Crippen LogP contribution in [0.5, 0.6) is 0 Å². The molecular weight excluding hydrogens is 187 g/mol. The molecule has 0 spiro atoms. The lowest BCUT2D eigenvalue weighted by Crippen LogP contribution is -2.11. The molecule has 0 radical (unpaired) electrons. The Labute approximate surface area is 70.7 Å². The van der Waals surface area contributed by atoms with Gasteiger partial charge in [0.1, 0.15) is 0 Å². The van der Waals surface area contributed by atoms with Crippen molar-refractivity contribution in [2.75, 3.05) is 0 Å². The smallest absolute Gasteiger partial charge is 0.272 e. The summed E-state index contributed by atoms with van der Waals surface area (Å²) in [5.74, 6) is -2.65. The minimum atomic E-state index is -2.49. The Morgan fingerprint density at radius 3 is 2.54 bits per heavy atom. The number of hydrogen-bond donors (Lipinski definition) is 0. The maximum atomic E-state index is 12.2. The molecule has 0 N–H and O–H groups in total. The van der Waals surface area contributed by atoms with Crippen LogP contribution < -0.4 is 0 Å². The summed E-state index contributed by atoms with van der Waals surface area (Å²) in [6, 6.07) is 0. The van der Waals surface area contributed by atoms with Gasteiger partial charge in [-0.1, -0.05) is 5.21 Å². The highest BCUT2D eigenvalue weighted by Gasteiger charge is 2.13. The molecule has 0 aliphatic rings. The molecule has 0 saturated heterocycles. The highest BCUT2D eigenvalue weighted by Crippen LogP contribution is 2.13. The zero-order valence-corrected chi connectivity index (χ0v) is 6.25. The fraction of sp³-hybridized carbons (Fsp3) is 0.167. The third-order valence-corrected chi connectivity index (χ3v) is 1.19. The largest absolute Gasteiger partial charge is 0.302 e. The van der Waals surface area contributed by atoms with Crippen molar-refractivity contribution >= 4 is 5.91 Å². The average Bonchev–Trinajstić information content (AvgIpc) is 2.55. The van der Waals surface area contributed by atoms with Gasteiger partial charge in [-0.15, -0.1) is 5.10 Å².